The number of hydrogen-bond donors (Lipinski definition) is 0. The highest BCUT2D eigenvalue weighted by atomic mass is 16.2. The number of aryl methyl sites for hydroxylation is 1. The van der Waals surface area contributed by atoms with E-state index in [1.165, 1.54) is 23.5 Å². The fraction of sp³-hybridized carbons (Fsp3) is 0.400. The van der Waals surface area contributed by atoms with Crippen molar-refractivity contribution in [3.8, 4) is 0 Å². The van der Waals surface area contributed by atoms with Gasteiger partial charge < -0.3 is 9.47 Å². The molecule has 1 aliphatic rings. The van der Waals surface area contributed by atoms with E-state index >= 15 is 0 Å². The van der Waals surface area contributed by atoms with E-state index in [0.717, 1.165) is 17.4 Å². The van der Waals surface area contributed by atoms with Crippen LogP contribution in [-0.2, 0) is 25.4 Å². The highest BCUT2D eigenvalue weighted by molar-refractivity contribution is 5.79. The van der Waals surface area contributed by atoms with E-state index in [9.17, 15) is 14.4 Å². The third-order valence-corrected chi connectivity index (χ3v) is 5.64. The lowest BCUT2D eigenvalue weighted by atomic mass is 9.89. The van der Waals surface area contributed by atoms with Crippen LogP contribution < -0.4 is 11.2 Å². The van der Waals surface area contributed by atoms with Gasteiger partial charge in [-0.3, -0.25) is 18.7 Å². The number of imidazole rings is 1. The molecule has 1 saturated heterocycles. The van der Waals surface area contributed by atoms with Crippen molar-refractivity contribution in [1.82, 2.24) is 23.6 Å². The normalized spacial score (nSPS) is 15.3. The minimum absolute atomic E-state index is 0.0401. The summed E-state index contributed by atoms with van der Waals surface area (Å²) in [6.07, 6.45) is 3.31. The molecule has 28 heavy (non-hydrogen) atoms. The second kappa shape index (κ2) is 7.10. The topological polar surface area (TPSA) is 82.1 Å². The zero-order chi connectivity index (χ0) is 19.8. The van der Waals surface area contributed by atoms with Crippen molar-refractivity contribution in [2.75, 3.05) is 13.1 Å². The molecule has 0 radical (unpaired) electrons. The lowest BCUT2D eigenvalue weighted by Crippen LogP contribution is -2.40. The number of hydrogen-bond acceptors (Lipinski definition) is 4. The zero-order valence-corrected chi connectivity index (χ0v) is 16.0. The molecule has 0 atom stereocenters. The first-order valence-electron chi connectivity index (χ1n) is 9.41. The Morgan fingerprint density at radius 1 is 1.07 bits per heavy atom. The molecule has 1 aliphatic heterocycles. The van der Waals surface area contributed by atoms with E-state index in [-0.39, 0.29) is 18.0 Å². The Kier molecular flexibility index (Phi) is 4.62. The van der Waals surface area contributed by atoms with Crippen LogP contribution in [-0.4, -0.2) is 42.6 Å². The summed E-state index contributed by atoms with van der Waals surface area (Å²) >= 11 is 0. The number of carbonyl (C=O) groups excluding carboxylic acids is 1. The minimum atomic E-state index is -0.439. The van der Waals surface area contributed by atoms with E-state index in [0.29, 0.717) is 24.7 Å². The maximum atomic E-state index is 12.8. The van der Waals surface area contributed by atoms with Crippen molar-refractivity contribution >= 4 is 17.1 Å². The summed E-state index contributed by atoms with van der Waals surface area (Å²) in [6.45, 7) is 1.43. The van der Waals surface area contributed by atoms with E-state index in [1.807, 2.05) is 23.1 Å². The number of fused-ring (bicyclic) bond motifs is 1. The molecular formula is C20H23N5O3. The first-order chi connectivity index (χ1) is 13.5. The number of likely N-dealkylation sites (tertiary alicyclic amines) is 1. The minimum Gasteiger partial charge on any atom is -0.341 e. The molecular weight excluding hydrogens is 358 g/mol. The number of rotatable bonds is 3. The van der Waals surface area contributed by atoms with Crippen LogP contribution in [0.4, 0.5) is 0 Å². The second-order valence-electron chi connectivity index (χ2n) is 7.32. The third-order valence-electron chi connectivity index (χ3n) is 5.64. The molecule has 0 bridgehead atoms. The fourth-order valence-corrected chi connectivity index (χ4v) is 3.95. The van der Waals surface area contributed by atoms with Gasteiger partial charge in [0.2, 0.25) is 5.91 Å². The number of carbonyl (C=O) groups is 1. The Morgan fingerprint density at radius 3 is 2.43 bits per heavy atom. The largest absolute Gasteiger partial charge is 0.341 e. The molecule has 0 spiro atoms. The molecule has 3 heterocycles. The van der Waals surface area contributed by atoms with Gasteiger partial charge in [0.1, 0.15) is 6.54 Å². The van der Waals surface area contributed by atoms with Crippen LogP contribution in [0.2, 0.25) is 0 Å². The lowest BCUT2D eigenvalue weighted by molar-refractivity contribution is -0.132. The summed E-state index contributed by atoms with van der Waals surface area (Å²) in [5.74, 6) is 0.433. The van der Waals surface area contributed by atoms with Crippen LogP contribution in [0.1, 0.15) is 24.3 Å². The number of aromatic nitrogens is 4. The van der Waals surface area contributed by atoms with E-state index < -0.39 is 11.2 Å². The van der Waals surface area contributed by atoms with Crippen molar-refractivity contribution in [2.24, 2.45) is 14.1 Å². The van der Waals surface area contributed by atoms with Gasteiger partial charge in [-0.05, 0) is 24.3 Å². The van der Waals surface area contributed by atoms with Crippen LogP contribution in [0, 0.1) is 0 Å². The average Bonchev–Trinajstić information content (AvgIpc) is 3.15. The Labute approximate surface area is 161 Å². The Morgan fingerprint density at radius 2 is 1.75 bits per heavy atom. The molecule has 0 saturated carbocycles. The van der Waals surface area contributed by atoms with Gasteiger partial charge in [-0.2, -0.15) is 0 Å². The molecule has 8 nitrogen and oxygen atoms in total. The quantitative estimate of drug-likeness (QED) is 0.673. The highest BCUT2D eigenvalue weighted by Crippen LogP contribution is 2.27. The first kappa shape index (κ1) is 18.2. The number of benzene rings is 1. The summed E-state index contributed by atoms with van der Waals surface area (Å²) in [5, 5.41) is 0. The molecule has 1 amide bonds. The van der Waals surface area contributed by atoms with Gasteiger partial charge >= 0.3 is 5.69 Å². The zero-order valence-electron chi connectivity index (χ0n) is 16.0. The lowest BCUT2D eigenvalue weighted by Gasteiger charge is -2.32. The summed E-state index contributed by atoms with van der Waals surface area (Å²) in [6, 6.07) is 10.4. The van der Waals surface area contributed by atoms with Crippen molar-refractivity contribution in [1.29, 1.82) is 0 Å². The van der Waals surface area contributed by atoms with Gasteiger partial charge in [-0.1, -0.05) is 30.3 Å². The number of nitrogens with zero attached hydrogens (tertiary/aromatic N) is 5. The van der Waals surface area contributed by atoms with E-state index in [4.69, 9.17) is 0 Å². The fourth-order valence-electron chi connectivity index (χ4n) is 3.95. The van der Waals surface area contributed by atoms with Crippen molar-refractivity contribution in [3.05, 3.63) is 63.1 Å². The van der Waals surface area contributed by atoms with Gasteiger partial charge in [0.25, 0.3) is 5.56 Å². The van der Waals surface area contributed by atoms with Gasteiger partial charge in [0.15, 0.2) is 11.2 Å². The average molecular weight is 381 g/mol. The number of amides is 1. The van der Waals surface area contributed by atoms with Gasteiger partial charge in [0, 0.05) is 27.2 Å². The van der Waals surface area contributed by atoms with Crippen LogP contribution in [0.3, 0.4) is 0 Å². The summed E-state index contributed by atoms with van der Waals surface area (Å²) in [5.41, 5.74) is 1.02. The van der Waals surface area contributed by atoms with Crippen LogP contribution in [0.25, 0.3) is 11.2 Å². The standard InChI is InChI=1S/C20H23N5O3/c1-22-18-17(19(27)23(2)20(22)28)25(13-21-18)12-16(26)24-10-8-15(9-11-24)14-6-4-3-5-7-14/h3-7,13,15H,8-12H2,1-2H3. The predicted molar refractivity (Wildman–Crippen MR) is 105 cm³/mol. The third kappa shape index (κ3) is 3.04. The predicted octanol–water partition coefficient (Wildman–Crippen LogP) is 0.840. The maximum Gasteiger partial charge on any atom is 0.332 e. The Hall–Kier alpha value is -3.16. The summed E-state index contributed by atoms with van der Waals surface area (Å²) in [7, 11) is 3.00. The van der Waals surface area contributed by atoms with Gasteiger partial charge in [-0.25, -0.2) is 9.78 Å². The first-order valence-corrected chi connectivity index (χ1v) is 9.41. The Bertz CT molecular complexity index is 1130. The molecule has 0 unspecified atom stereocenters. The number of piperidine rings is 1. The molecule has 1 fully saturated rings. The molecule has 3 aromatic rings. The molecule has 0 aliphatic carbocycles. The molecule has 2 aromatic heterocycles. The molecule has 1 aromatic carbocycles. The van der Waals surface area contributed by atoms with Crippen LogP contribution >= 0.6 is 0 Å². The smallest absolute Gasteiger partial charge is 0.332 e. The Balaban J connectivity index is 1.51. The van der Waals surface area contributed by atoms with Crippen LogP contribution in [0.15, 0.2) is 46.2 Å². The molecule has 0 N–H and O–H groups in total. The van der Waals surface area contributed by atoms with E-state index in [1.54, 1.807) is 11.6 Å². The SMILES string of the molecule is Cn1c(=O)c2c(ncn2CC(=O)N2CCC(c3ccccc3)CC2)n(C)c1=O. The van der Waals surface area contributed by atoms with Crippen molar-refractivity contribution in [2.45, 2.75) is 25.3 Å². The second-order valence-corrected chi connectivity index (χ2v) is 7.32. The maximum absolute atomic E-state index is 12.8. The molecule has 146 valence electrons. The van der Waals surface area contributed by atoms with Crippen molar-refractivity contribution in [3.63, 3.8) is 0 Å². The highest BCUT2D eigenvalue weighted by Gasteiger charge is 2.25. The van der Waals surface area contributed by atoms with Crippen LogP contribution in [0.5, 0.6) is 0 Å². The van der Waals surface area contributed by atoms with Crippen molar-refractivity contribution < 1.29 is 4.79 Å². The monoisotopic (exact) mass is 381 g/mol. The summed E-state index contributed by atoms with van der Waals surface area (Å²) < 4.78 is 3.90. The van der Waals surface area contributed by atoms with Gasteiger partial charge in [-0.15, -0.1) is 0 Å². The summed E-state index contributed by atoms with van der Waals surface area (Å²) in [4.78, 5) is 43.4. The van der Waals surface area contributed by atoms with E-state index in [2.05, 4.69) is 17.1 Å². The molecule has 4 rings (SSSR count). The molecule has 8 heteroatoms. The van der Waals surface area contributed by atoms with Gasteiger partial charge in [0.05, 0.1) is 6.33 Å².